The molecule has 1 amide bonds. The van der Waals surface area contributed by atoms with Gasteiger partial charge in [0.25, 0.3) is 5.91 Å². The van der Waals surface area contributed by atoms with Gasteiger partial charge in [-0.05, 0) is 55.5 Å². The topological polar surface area (TPSA) is 77.0 Å². The summed E-state index contributed by atoms with van der Waals surface area (Å²) < 4.78 is 10.8. The molecule has 0 radical (unpaired) electrons. The van der Waals surface area contributed by atoms with Crippen molar-refractivity contribution in [2.45, 2.75) is 6.92 Å². The molecule has 0 spiro atoms. The van der Waals surface area contributed by atoms with Gasteiger partial charge in [0.2, 0.25) is 0 Å². The van der Waals surface area contributed by atoms with Crippen molar-refractivity contribution in [2.75, 3.05) is 6.61 Å². The Morgan fingerprint density at radius 1 is 1.00 bits per heavy atom. The number of hydrogen-bond acceptors (Lipinski definition) is 5. The van der Waals surface area contributed by atoms with Gasteiger partial charge in [-0.2, -0.15) is 5.10 Å². The molecular weight excluding hydrogens is 404 g/mol. The molecule has 0 bridgehead atoms. The van der Waals surface area contributed by atoms with E-state index in [2.05, 4.69) is 10.5 Å². The summed E-state index contributed by atoms with van der Waals surface area (Å²) in [5.74, 6) is -0.0584. The summed E-state index contributed by atoms with van der Waals surface area (Å²) >= 11 is 5.80. The standard InChI is InChI=1S/C23H19ClN2O4/c1-16-6-8-17(9-7-16)23(28)30-21-5-3-2-4-18(21)14-25-26-22(27)15-29-20-12-10-19(24)11-13-20/h2-14H,15H2,1H3,(H,26,27)/b25-14-. The number of halogens is 1. The molecule has 0 saturated carbocycles. The molecule has 0 heterocycles. The van der Waals surface area contributed by atoms with Crippen molar-refractivity contribution in [3.8, 4) is 11.5 Å². The quantitative estimate of drug-likeness (QED) is 0.265. The van der Waals surface area contributed by atoms with Crippen molar-refractivity contribution in [3.05, 3.63) is 94.5 Å². The highest BCUT2D eigenvalue weighted by molar-refractivity contribution is 6.30. The largest absolute Gasteiger partial charge is 0.484 e. The summed E-state index contributed by atoms with van der Waals surface area (Å²) in [6.45, 7) is 1.73. The van der Waals surface area contributed by atoms with E-state index in [-0.39, 0.29) is 6.61 Å². The van der Waals surface area contributed by atoms with Crippen LogP contribution in [-0.4, -0.2) is 24.7 Å². The smallest absolute Gasteiger partial charge is 0.343 e. The normalized spacial score (nSPS) is 10.6. The Labute approximate surface area is 179 Å². The van der Waals surface area contributed by atoms with E-state index in [0.29, 0.717) is 27.6 Å². The zero-order valence-corrected chi connectivity index (χ0v) is 16.9. The van der Waals surface area contributed by atoms with Gasteiger partial charge in [-0.1, -0.05) is 41.4 Å². The van der Waals surface area contributed by atoms with Crippen LogP contribution in [0.3, 0.4) is 0 Å². The maximum atomic E-state index is 12.3. The number of aryl methyl sites for hydroxylation is 1. The Hall–Kier alpha value is -3.64. The molecule has 0 aliphatic heterocycles. The van der Waals surface area contributed by atoms with Gasteiger partial charge in [0.1, 0.15) is 11.5 Å². The number of hydrazone groups is 1. The molecule has 3 aromatic carbocycles. The highest BCUT2D eigenvalue weighted by Gasteiger charge is 2.10. The van der Waals surface area contributed by atoms with Crippen LogP contribution in [-0.2, 0) is 4.79 Å². The predicted molar refractivity (Wildman–Crippen MR) is 115 cm³/mol. The third-order valence-corrected chi connectivity index (χ3v) is 4.24. The average molecular weight is 423 g/mol. The first-order valence-corrected chi connectivity index (χ1v) is 9.47. The van der Waals surface area contributed by atoms with Crippen LogP contribution in [0.25, 0.3) is 0 Å². The highest BCUT2D eigenvalue weighted by Crippen LogP contribution is 2.18. The number of carbonyl (C=O) groups excluding carboxylic acids is 2. The summed E-state index contributed by atoms with van der Waals surface area (Å²) in [7, 11) is 0. The van der Waals surface area contributed by atoms with E-state index in [4.69, 9.17) is 21.1 Å². The van der Waals surface area contributed by atoms with E-state index in [1.165, 1.54) is 6.21 Å². The maximum Gasteiger partial charge on any atom is 0.343 e. The molecule has 3 rings (SSSR count). The maximum absolute atomic E-state index is 12.3. The number of ether oxygens (including phenoxy) is 2. The van der Waals surface area contributed by atoms with Crippen LogP contribution >= 0.6 is 11.6 Å². The van der Waals surface area contributed by atoms with Crippen LogP contribution in [0.1, 0.15) is 21.5 Å². The molecule has 0 aliphatic carbocycles. The van der Waals surface area contributed by atoms with Crippen molar-refractivity contribution in [1.82, 2.24) is 5.43 Å². The number of para-hydroxylation sites is 1. The molecule has 0 saturated heterocycles. The van der Waals surface area contributed by atoms with Gasteiger partial charge < -0.3 is 9.47 Å². The van der Waals surface area contributed by atoms with E-state index in [1.54, 1.807) is 60.7 Å². The van der Waals surface area contributed by atoms with Gasteiger partial charge in [0, 0.05) is 10.6 Å². The summed E-state index contributed by atoms with van der Waals surface area (Å²) in [5, 5.41) is 4.48. The third kappa shape index (κ3) is 6.18. The van der Waals surface area contributed by atoms with Crippen molar-refractivity contribution in [3.63, 3.8) is 0 Å². The van der Waals surface area contributed by atoms with Crippen LogP contribution < -0.4 is 14.9 Å². The first kappa shape index (κ1) is 21.1. The lowest BCUT2D eigenvalue weighted by molar-refractivity contribution is -0.123. The second kappa shape index (κ2) is 10.2. The van der Waals surface area contributed by atoms with Gasteiger partial charge in [0.15, 0.2) is 6.61 Å². The van der Waals surface area contributed by atoms with Gasteiger partial charge >= 0.3 is 5.97 Å². The lowest BCUT2D eigenvalue weighted by atomic mass is 10.1. The molecule has 7 heteroatoms. The van der Waals surface area contributed by atoms with E-state index in [9.17, 15) is 9.59 Å². The van der Waals surface area contributed by atoms with Crippen LogP contribution in [0.4, 0.5) is 0 Å². The van der Waals surface area contributed by atoms with Gasteiger partial charge in [-0.25, -0.2) is 10.2 Å². The van der Waals surface area contributed by atoms with Crippen molar-refractivity contribution < 1.29 is 19.1 Å². The van der Waals surface area contributed by atoms with Crippen molar-refractivity contribution in [2.24, 2.45) is 5.10 Å². The minimum atomic E-state index is -0.476. The van der Waals surface area contributed by atoms with Crippen molar-refractivity contribution >= 4 is 29.7 Å². The van der Waals surface area contributed by atoms with E-state index in [0.717, 1.165) is 5.56 Å². The molecular formula is C23H19ClN2O4. The van der Waals surface area contributed by atoms with Crippen molar-refractivity contribution in [1.29, 1.82) is 0 Å². The second-order valence-corrected chi connectivity index (χ2v) is 6.77. The SMILES string of the molecule is Cc1ccc(C(=O)Oc2ccccc2/C=N\NC(=O)COc2ccc(Cl)cc2)cc1. The van der Waals surface area contributed by atoms with Gasteiger partial charge in [0.05, 0.1) is 11.8 Å². The fourth-order valence-electron chi connectivity index (χ4n) is 2.41. The van der Waals surface area contributed by atoms with Crippen LogP contribution in [0.15, 0.2) is 77.9 Å². The molecule has 3 aromatic rings. The average Bonchev–Trinajstić information content (AvgIpc) is 2.75. The number of hydrogen-bond donors (Lipinski definition) is 1. The Morgan fingerprint density at radius 3 is 2.43 bits per heavy atom. The first-order valence-electron chi connectivity index (χ1n) is 9.09. The second-order valence-electron chi connectivity index (χ2n) is 6.33. The minimum absolute atomic E-state index is 0.205. The van der Waals surface area contributed by atoms with E-state index in [1.807, 2.05) is 19.1 Å². The zero-order valence-electron chi connectivity index (χ0n) is 16.2. The molecule has 0 unspecified atom stereocenters. The Morgan fingerprint density at radius 2 is 1.70 bits per heavy atom. The Kier molecular flexibility index (Phi) is 7.19. The zero-order chi connectivity index (χ0) is 21.3. The molecule has 30 heavy (non-hydrogen) atoms. The van der Waals surface area contributed by atoms with Crippen LogP contribution in [0.5, 0.6) is 11.5 Å². The Balaban J connectivity index is 1.56. The third-order valence-electron chi connectivity index (χ3n) is 3.99. The number of carbonyl (C=O) groups is 2. The summed E-state index contributed by atoms with van der Waals surface area (Å²) in [6, 6.07) is 20.6. The monoisotopic (exact) mass is 422 g/mol. The minimum Gasteiger partial charge on any atom is -0.484 e. The fourth-order valence-corrected chi connectivity index (χ4v) is 2.54. The number of nitrogens with zero attached hydrogens (tertiary/aromatic N) is 1. The van der Waals surface area contributed by atoms with E-state index < -0.39 is 11.9 Å². The molecule has 152 valence electrons. The number of rotatable bonds is 7. The van der Waals surface area contributed by atoms with Gasteiger partial charge in [-0.15, -0.1) is 0 Å². The Bertz CT molecular complexity index is 1050. The number of esters is 1. The lowest BCUT2D eigenvalue weighted by Crippen LogP contribution is -2.24. The molecule has 0 atom stereocenters. The molecule has 0 aliphatic rings. The molecule has 0 aromatic heterocycles. The molecule has 6 nitrogen and oxygen atoms in total. The van der Waals surface area contributed by atoms with Gasteiger partial charge in [-0.3, -0.25) is 4.79 Å². The summed E-state index contributed by atoms with van der Waals surface area (Å²) in [4.78, 5) is 24.2. The number of benzene rings is 3. The van der Waals surface area contributed by atoms with E-state index >= 15 is 0 Å². The summed E-state index contributed by atoms with van der Waals surface area (Å²) in [6.07, 6.45) is 1.40. The van der Waals surface area contributed by atoms with Crippen LogP contribution in [0, 0.1) is 6.92 Å². The summed E-state index contributed by atoms with van der Waals surface area (Å²) in [5.41, 5.74) is 4.40. The molecule has 1 N–H and O–H groups in total. The van der Waals surface area contributed by atoms with Crippen LogP contribution in [0.2, 0.25) is 5.02 Å². The highest BCUT2D eigenvalue weighted by atomic mass is 35.5. The molecule has 0 fully saturated rings. The predicted octanol–water partition coefficient (Wildman–Crippen LogP) is 4.40. The fraction of sp³-hybridized carbons (Fsp3) is 0.0870. The lowest BCUT2D eigenvalue weighted by Gasteiger charge is -2.08. The first-order chi connectivity index (χ1) is 14.5. The number of amides is 1. The number of nitrogens with one attached hydrogen (secondary N) is 1.